The molecule has 0 aliphatic carbocycles. The molecule has 0 fully saturated rings. The first kappa shape index (κ1) is 19.8. The van der Waals surface area contributed by atoms with Crippen molar-refractivity contribution in [2.24, 2.45) is 0 Å². The van der Waals surface area contributed by atoms with Crippen LogP contribution in [0, 0.1) is 13.8 Å². The Labute approximate surface area is 166 Å². The smallest absolute Gasteiger partial charge is 0.307 e. The van der Waals surface area contributed by atoms with E-state index >= 15 is 0 Å². The van der Waals surface area contributed by atoms with Crippen LogP contribution in [0.2, 0.25) is 0 Å². The average molecular weight is 399 g/mol. The molecule has 1 aromatic carbocycles. The van der Waals surface area contributed by atoms with Gasteiger partial charge in [-0.05, 0) is 43.3 Å². The molecule has 3 rings (SSSR count). The number of para-hydroxylation sites is 1. The van der Waals surface area contributed by atoms with Crippen LogP contribution in [0.3, 0.4) is 0 Å². The van der Waals surface area contributed by atoms with Crippen molar-refractivity contribution in [3.8, 4) is 11.4 Å². The fourth-order valence-corrected chi connectivity index (χ4v) is 3.25. The van der Waals surface area contributed by atoms with E-state index in [9.17, 15) is 9.59 Å². The van der Waals surface area contributed by atoms with Gasteiger partial charge in [0.25, 0.3) is 5.91 Å². The number of esters is 1. The zero-order valence-electron chi connectivity index (χ0n) is 15.9. The van der Waals surface area contributed by atoms with Gasteiger partial charge in [0.15, 0.2) is 6.10 Å². The van der Waals surface area contributed by atoms with Crippen molar-refractivity contribution >= 4 is 28.9 Å². The summed E-state index contributed by atoms with van der Waals surface area (Å²) in [5, 5.41) is 10.6. The number of hydrogen-bond donors (Lipinski definition) is 1. The predicted octanol–water partition coefficient (Wildman–Crippen LogP) is 3.92. The molecule has 0 radical (unpaired) electrons. The van der Waals surface area contributed by atoms with Gasteiger partial charge in [-0.1, -0.05) is 23.4 Å². The van der Waals surface area contributed by atoms with Gasteiger partial charge in [-0.15, -0.1) is 0 Å². The minimum absolute atomic E-state index is 0.0479. The summed E-state index contributed by atoms with van der Waals surface area (Å²) in [6.45, 7) is 5.37. The zero-order chi connectivity index (χ0) is 20.1. The van der Waals surface area contributed by atoms with Crippen molar-refractivity contribution in [1.82, 2.24) is 10.1 Å². The predicted molar refractivity (Wildman–Crippen MR) is 106 cm³/mol. The molecule has 0 bridgehead atoms. The first-order valence-corrected chi connectivity index (χ1v) is 9.80. The van der Waals surface area contributed by atoms with Crippen LogP contribution >= 0.6 is 11.3 Å². The number of nitrogens with one attached hydrogen (secondary N) is 1. The molecule has 28 heavy (non-hydrogen) atoms. The van der Waals surface area contributed by atoms with Gasteiger partial charge in [-0.25, -0.2) is 0 Å². The Hall–Kier alpha value is -3.00. The molecule has 0 aliphatic rings. The monoisotopic (exact) mass is 399 g/mol. The Kier molecular flexibility index (Phi) is 6.20. The number of thiophene rings is 1. The van der Waals surface area contributed by atoms with Gasteiger partial charge in [0, 0.05) is 23.1 Å². The van der Waals surface area contributed by atoms with E-state index in [1.54, 1.807) is 6.92 Å². The average Bonchev–Trinajstić information content (AvgIpc) is 3.34. The lowest BCUT2D eigenvalue weighted by Gasteiger charge is -2.16. The summed E-state index contributed by atoms with van der Waals surface area (Å²) in [4.78, 5) is 28.7. The number of nitrogens with zero attached hydrogens (tertiary/aromatic N) is 2. The molecule has 8 heteroatoms. The molecule has 2 aromatic heterocycles. The number of rotatable bonds is 7. The molecule has 1 amide bonds. The van der Waals surface area contributed by atoms with Crippen molar-refractivity contribution in [3.05, 3.63) is 52.0 Å². The summed E-state index contributed by atoms with van der Waals surface area (Å²) in [5.41, 5.74) is 3.51. The molecule has 7 nitrogen and oxygen atoms in total. The SMILES string of the molecule is Cc1cccc(C)c1NC(=O)[C@H](C)OC(=O)CCc1nc(-c2ccsc2)no1. The number of hydrogen-bond acceptors (Lipinski definition) is 7. The summed E-state index contributed by atoms with van der Waals surface area (Å²) in [5.74, 6) is -0.0283. The quantitative estimate of drug-likeness (QED) is 0.605. The number of ether oxygens (including phenoxy) is 1. The highest BCUT2D eigenvalue weighted by Crippen LogP contribution is 2.20. The maximum atomic E-state index is 12.3. The number of anilines is 1. The Morgan fingerprint density at radius 1 is 1.25 bits per heavy atom. The molecule has 0 unspecified atom stereocenters. The van der Waals surface area contributed by atoms with Gasteiger partial charge in [0.2, 0.25) is 11.7 Å². The third kappa shape index (κ3) is 4.83. The van der Waals surface area contributed by atoms with Crippen LogP contribution in [0.1, 0.15) is 30.4 Å². The van der Waals surface area contributed by atoms with E-state index in [1.165, 1.54) is 11.3 Å². The second-order valence-corrected chi connectivity index (χ2v) is 7.19. The topological polar surface area (TPSA) is 94.3 Å². The third-order valence-electron chi connectivity index (χ3n) is 4.20. The lowest BCUT2D eigenvalue weighted by molar-refractivity contribution is -0.153. The number of aryl methyl sites for hydroxylation is 3. The number of carbonyl (C=O) groups is 2. The first-order chi connectivity index (χ1) is 13.4. The molecule has 0 saturated carbocycles. The molecule has 146 valence electrons. The van der Waals surface area contributed by atoms with Crippen LogP contribution in [-0.4, -0.2) is 28.1 Å². The molecular formula is C20H21N3O4S. The van der Waals surface area contributed by atoms with Crippen LogP contribution in [0.25, 0.3) is 11.4 Å². The van der Waals surface area contributed by atoms with E-state index in [-0.39, 0.29) is 18.7 Å². The van der Waals surface area contributed by atoms with Crippen LogP contribution in [0.4, 0.5) is 5.69 Å². The summed E-state index contributed by atoms with van der Waals surface area (Å²) in [7, 11) is 0. The number of aromatic nitrogens is 2. The highest BCUT2D eigenvalue weighted by molar-refractivity contribution is 7.08. The minimum atomic E-state index is -0.907. The van der Waals surface area contributed by atoms with Crippen LogP contribution < -0.4 is 5.32 Å². The Morgan fingerprint density at radius 3 is 2.68 bits per heavy atom. The first-order valence-electron chi connectivity index (χ1n) is 8.85. The van der Waals surface area contributed by atoms with Gasteiger partial charge in [-0.3, -0.25) is 9.59 Å². The van der Waals surface area contributed by atoms with Gasteiger partial charge >= 0.3 is 5.97 Å². The fraction of sp³-hybridized carbons (Fsp3) is 0.300. The Bertz CT molecular complexity index is 946. The van der Waals surface area contributed by atoms with Crippen molar-refractivity contribution < 1.29 is 18.8 Å². The van der Waals surface area contributed by atoms with Crippen LogP contribution in [0.15, 0.2) is 39.5 Å². The fourth-order valence-electron chi connectivity index (χ4n) is 2.62. The minimum Gasteiger partial charge on any atom is -0.453 e. The van der Waals surface area contributed by atoms with E-state index in [1.807, 2.05) is 48.9 Å². The lowest BCUT2D eigenvalue weighted by atomic mass is 10.1. The number of amides is 1. The Morgan fingerprint density at radius 2 is 2.00 bits per heavy atom. The second kappa shape index (κ2) is 8.79. The second-order valence-electron chi connectivity index (χ2n) is 6.41. The van der Waals surface area contributed by atoms with Gasteiger partial charge in [0.1, 0.15) is 0 Å². The molecular weight excluding hydrogens is 378 g/mol. The normalized spacial score (nSPS) is 11.8. The van der Waals surface area contributed by atoms with Crippen LogP contribution in [0.5, 0.6) is 0 Å². The van der Waals surface area contributed by atoms with E-state index in [4.69, 9.17) is 9.26 Å². The van der Waals surface area contributed by atoms with Crippen molar-refractivity contribution in [2.45, 2.75) is 39.7 Å². The van der Waals surface area contributed by atoms with E-state index in [0.717, 1.165) is 22.4 Å². The molecule has 0 spiro atoms. The number of carbonyl (C=O) groups excluding carboxylic acids is 2. The zero-order valence-corrected chi connectivity index (χ0v) is 16.7. The molecule has 1 atom stereocenters. The summed E-state index contributed by atoms with van der Waals surface area (Å²) in [6.07, 6.45) is -0.608. The Balaban J connectivity index is 1.49. The molecule has 1 N–H and O–H groups in total. The van der Waals surface area contributed by atoms with Gasteiger partial charge < -0.3 is 14.6 Å². The molecule has 0 aliphatic heterocycles. The lowest BCUT2D eigenvalue weighted by Crippen LogP contribution is -2.30. The molecule has 0 saturated heterocycles. The van der Waals surface area contributed by atoms with Crippen molar-refractivity contribution in [2.75, 3.05) is 5.32 Å². The van der Waals surface area contributed by atoms with Crippen molar-refractivity contribution in [1.29, 1.82) is 0 Å². The molecule has 3 aromatic rings. The largest absolute Gasteiger partial charge is 0.453 e. The summed E-state index contributed by atoms with van der Waals surface area (Å²) < 4.78 is 10.4. The van der Waals surface area contributed by atoms with Gasteiger partial charge in [0.05, 0.1) is 6.42 Å². The maximum absolute atomic E-state index is 12.3. The summed E-state index contributed by atoms with van der Waals surface area (Å²) in [6, 6.07) is 7.64. The third-order valence-corrected chi connectivity index (χ3v) is 4.88. The van der Waals surface area contributed by atoms with E-state index < -0.39 is 12.1 Å². The molecule has 2 heterocycles. The maximum Gasteiger partial charge on any atom is 0.307 e. The van der Waals surface area contributed by atoms with Crippen molar-refractivity contribution in [3.63, 3.8) is 0 Å². The van der Waals surface area contributed by atoms with Gasteiger partial charge in [-0.2, -0.15) is 16.3 Å². The summed E-state index contributed by atoms with van der Waals surface area (Å²) >= 11 is 1.54. The highest BCUT2D eigenvalue weighted by Gasteiger charge is 2.20. The van der Waals surface area contributed by atoms with E-state index in [2.05, 4.69) is 15.5 Å². The number of benzene rings is 1. The van der Waals surface area contributed by atoms with Crippen LogP contribution in [-0.2, 0) is 20.7 Å². The van der Waals surface area contributed by atoms with E-state index in [0.29, 0.717) is 11.7 Å². The standard InChI is InChI=1S/C20H21N3O4S/c1-12-5-4-6-13(2)18(12)22-20(25)14(3)26-17(24)8-7-16-21-19(23-27-16)15-9-10-28-11-15/h4-6,9-11,14H,7-8H2,1-3H3,(H,22,25)/t14-/m0/s1. The highest BCUT2D eigenvalue weighted by atomic mass is 32.1.